The highest BCUT2D eigenvalue weighted by Gasteiger charge is 2.17. The molecule has 1 amide bonds. The van der Waals surface area contributed by atoms with Crippen LogP contribution < -0.4 is 15.4 Å². The summed E-state index contributed by atoms with van der Waals surface area (Å²) < 4.78 is 10.4. The Kier molecular flexibility index (Phi) is 6.29. The molecule has 0 aromatic heterocycles. The van der Waals surface area contributed by atoms with Crippen LogP contribution in [0.15, 0.2) is 18.2 Å². The van der Waals surface area contributed by atoms with E-state index in [9.17, 15) is 4.79 Å². The number of benzene rings is 1. The fourth-order valence-electron chi connectivity index (χ4n) is 2.30. The van der Waals surface area contributed by atoms with Gasteiger partial charge in [-0.15, -0.1) is 0 Å². The Hall–Kier alpha value is -1.30. The summed E-state index contributed by atoms with van der Waals surface area (Å²) in [5.74, 6) is 0.586. The van der Waals surface area contributed by atoms with Crippen LogP contribution in [0.2, 0.25) is 5.02 Å². The summed E-state index contributed by atoms with van der Waals surface area (Å²) >= 11 is 6.13. The van der Waals surface area contributed by atoms with Crippen molar-refractivity contribution in [2.24, 2.45) is 0 Å². The third-order valence-electron chi connectivity index (χ3n) is 3.35. The molecule has 1 fully saturated rings. The minimum Gasteiger partial charge on any atom is -0.490 e. The molecular weight excluding hydrogens is 292 g/mol. The van der Waals surface area contributed by atoms with Gasteiger partial charge in [-0.1, -0.05) is 11.6 Å². The third-order valence-corrected chi connectivity index (χ3v) is 3.65. The van der Waals surface area contributed by atoms with Crippen LogP contribution >= 0.6 is 11.6 Å². The van der Waals surface area contributed by atoms with E-state index < -0.39 is 0 Å². The number of anilines is 1. The second kappa shape index (κ2) is 8.22. The fourth-order valence-corrected chi connectivity index (χ4v) is 2.53. The van der Waals surface area contributed by atoms with Crippen molar-refractivity contribution >= 4 is 23.2 Å². The highest BCUT2D eigenvalue weighted by molar-refractivity contribution is 6.32. The minimum atomic E-state index is -0.00137. The number of methoxy groups -OCH3 is 1. The van der Waals surface area contributed by atoms with E-state index in [1.165, 1.54) is 0 Å². The van der Waals surface area contributed by atoms with Crippen LogP contribution in [0, 0.1) is 0 Å². The molecule has 0 bridgehead atoms. The van der Waals surface area contributed by atoms with E-state index in [-0.39, 0.29) is 11.9 Å². The van der Waals surface area contributed by atoms with Crippen molar-refractivity contribution in [3.05, 3.63) is 23.2 Å². The predicted molar refractivity (Wildman–Crippen MR) is 83.1 cm³/mol. The third kappa shape index (κ3) is 5.19. The molecule has 0 spiro atoms. The average molecular weight is 313 g/mol. The Morgan fingerprint density at radius 1 is 1.48 bits per heavy atom. The Labute approximate surface area is 130 Å². The molecular formula is C15H21ClN2O3. The van der Waals surface area contributed by atoms with Gasteiger partial charge in [0.05, 0.1) is 11.6 Å². The highest BCUT2D eigenvalue weighted by Crippen LogP contribution is 2.27. The smallest absolute Gasteiger partial charge is 0.225 e. The maximum absolute atomic E-state index is 11.9. The summed E-state index contributed by atoms with van der Waals surface area (Å²) in [6.45, 7) is 1.94. The second-order valence-electron chi connectivity index (χ2n) is 5.03. The number of carbonyl (C=O) groups is 1. The minimum absolute atomic E-state index is 0.00137. The largest absolute Gasteiger partial charge is 0.490 e. The molecule has 1 atom stereocenters. The Morgan fingerprint density at radius 2 is 2.33 bits per heavy atom. The molecule has 0 saturated carbocycles. The van der Waals surface area contributed by atoms with Crippen LogP contribution in [-0.4, -0.2) is 38.8 Å². The summed E-state index contributed by atoms with van der Waals surface area (Å²) in [4.78, 5) is 11.9. The molecule has 0 radical (unpaired) electrons. The van der Waals surface area contributed by atoms with Gasteiger partial charge in [0.2, 0.25) is 5.91 Å². The van der Waals surface area contributed by atoms with Gasteiger partial charge in [0.25, 0.3) is 0 Å². The molecule has 1 aliphatic rings. The molecule has 6 heteroatoms. The zero-order valence-electron chi connectivity index (χ0n) is 12.2. The molecule has 1 saturated heterocycles. The summed E-state index contributed by atoms with van der Waals surface area (Å²) in [5.41, 5.74) is 0.682. The van der Waals surface area contributed by atoms with Gasteiger partial charge in [0, 0.05) is 25.3 Å². The van der Waals surface area contributed by atoms with E-state index in [0.29, 0.717) is 36.1 Å². The van der Waals surface area contributed by atoms with Gasteiger partial charge in [0.15, 0.2) is 0 Å². The average Bonchev–Trinajstić information content (AvgIpc) is 2.94. The van der Waals surface area contributed by atoms with Crippen LogP contribution in [0.25, 0.3) is 0 Å². The number of ether oxygens (including phenoxy) is 2. The lowest BCUT2D eigenvalue weighted by Crippen LogP contribution is -2.27. The highest BCUT2D eigenvalue weighted by atomic mass is 35.5. The summed E-state index contributed by atoms with van der Waals surface area (Å²) in [6, 6.07) is 5.52. The number of carbonyl (C=O) groups excluding carboxylic acids is 1. The summed E-state index contributed by atoms with van der Waals surface area (Å²) in [5, 5.41) is 6.64. The van der Waals surface area contributed by atoms with E-state index in [2.05, 4.69) is 10.6 Å². The van der Waals surface area contributed by atoms with Crippen LogP contribution in [0.3, 0.4) is 0 Å². The van der Waals surface area contributed by atoms with E-state index in [4.69, 9.17) is 21.1 Å². The molecule has 1 unspecified atom stereocenters. The first-order chi connectivity index (χ1) is 10.2. The first-order valence-corrected chi connectivity index (χ1v) is 7.51. The molecule has 21 heavy (non-hydrogen) atoms. The fraction of sp³-hybridized carbons (Fsp3) is 0.533. The van der Waals surface area contributed by atoms with Gasteiger partial charge in [0.1, 0.15) is 12.4 Å². The van der Waals surface area contributed by atoms with Gasteiger partial charge in [-0.05, 0) is 37.6 Å². The maximum Gasteiger partial charge on any atom is 0.225 e. The van der Waals surface area contributed by atoms with Crippen molar-refractivity contribution in [3.63, 3.8) is 0 Å². The van der Waals surface area contributed by atoms with Crippen molar-refractivity contribution < 1.29 is 14.3 Å². The molecule has 116 valence electrons. The van der Waals surface area contributed by atoms with Crippen LogP contribution in [0.4, 0.5) is 5.69 Å². The molecule has 1 aromatic rings. The van der Waals surface area contributed by atoms with Gasteiger partial charge in [-0.25, -0.2) is 0 Å². The monoisotopic (exact) mass is 312 g/mol. The van der Waals surface area contributed by atoms with Crippen LogP contribution in [0.1, 0.15) is 19.3 Å². The Morgan fingerprint density at radius 3 is 3.00 bits per heavy atom. The van der Waals surface area contributed by atoms with E-state index in [0.717, 1.165) is 19.4 Å². The van der Waals surface area contributed by atoms with Gasteiger partial charge in [-0.2, -0.15) is 0 Å². The first kappa shape index (κ1) is 16.1. The SMILES string of the molecule is COCCOc1ccc(NC(=O)CC2CCCN2)cc1Cl. The van der Waals surface area contributed by atoms with Crippen molar-refractivity contribution in [2.45, 2.75) is 25.3 Å². The van der Waals surface area contributed by atoms with Crippen molar-refractivity contribution in [2.75, 3.05) is 32.2 Å². The molecule has 1 aliphatic heterocycles. The molecule has 1 heterocycles. The number of halogens is 1. The molecule has 5 nitrogen and oxygen atoms in total. The number of amides is 1. The van der Waals surface area contributed by atoms with E-state index in [1.807, 2.05) is 0 Å². The lowest BCUT2D eigenvalue weighted by atomic mass is 10.1. The van der Waals surface area contributed by atoms with Crippen molar-refractivity contribution in [1.29, 1.82) is 0 Å². The first-order valence-electron chi connectivity index (χ1n) is 7.13. The van der Waals surface area contributed by atoms with Crippen molar-refractivity contribution in [1.82, 2.24) is 5.32 Å². The quantitative estimate of drug-likeness (QED) is 0.759. The normalized spacial score (nSPS) is 17.7. The predicted octanol–water partition coefficient (Wildman–Crippen LogP) is 2.45. The molecule has 2 N–H and O–H groups in total. The number of hydrogen-bond donors (Lipinski definition) is 2. The molecule has 0 aliphatic carbocycles. The van der Waals surface area contributed by atoms with Gasteiger partial charge < -0.3 is 20.1 Å². The number of rotatable bonds is 7. The van der Waals surface area contributed by atoms with Gasteiger partial charge in [-0.3, -0.25) is 4.79 Å². The van der Waals surface area contributed by atoms with Crippen LogP contribution in [0.5, 0.6) is 5.75 Å². The second-order valence-corrected chi connectivity index (χ2v) is 5.44. The van der Waals surface area contributed by atoms with E-state index in [1.54, 1.807) is 25.3 Å². The molecule has 2 rings (SSSR count). The lowest BCUT2D eigenvalue weighted by molar-refractivity contribution is -0.116. The van der Waals surface area contributed by atoms with Gasteiger partial charge >= 0.3 is 0 Å². The summed E-state index contributed by atoms with van der Waals surface area (Å²) in [6.07, 6.45) is 2.68. The maximum atomic E-state index is 11.9. The Bertz CT molecular complexity index is 476. The van der Waals surface area contributed by atoms with E-state index >= 15 is 0 Å². The number of hydrogen-bond acceptors (Lipinski definition) is 4. The standard InChI is InChI=1S/C15H21ClN2O3/c1-20-7-8-21-14-5-4-12(9-13(14)16)18-15(19)10-11-3-2-6-17-11/h4-5,9,11,17H,2-3,6-8,10H2,1H3,(H,18,19). The molecule has 1 aromatic carbocycles. The van der Waals surface area contributed by atoms with Crippen molar-refractivity contribution in [3.8, 4) is 5.75 Å². The topological polar surface area (TPSA) is 59.6 Å². The zero-order chi connectivity index (χ0) is 15.1. The lowest BCUT2D eigenvalue weighted by Gasteiger charge is -2.12. The zero-order valence-corrected chi connectivity index (χ0v) is 12.9. The number of nitrogens with one attached hydrogen (secondary N) is 2. The Balaban J connectivity index is 1.85. The van der Waals surface area contributed by atoms with Crippen LogP contribution in [-0.2, 0) is 9.53 Å². The summed E-state index contributed by atoms with van der Waals surface area (Å²) in [7, 11) is 1.61.